The number of aliphatic hydroxyl groups is 1. The van der Waals surface area contributed by atoms with Crippen LogP contribution in [0.15, 0.2) is 106 Å². The zero-order valence-corrected chi connectivity index (χ0v) is 32.2. The van der Waals surface area contributed by atoms with Gasteiger partial charge in [0.1, 0.15) is 6.29 Å². The molecule has 7 rings (SSSR count). The van der Waals surface area contributed by atoms with Gasteiger partial charge in [-0.15, -0.1) is 0 Å². The van der Waals surface area contributed by atoms with Crippen LogP contribution in [0.3, 0.4) is 0 Å². The van der Waals surface area contributed by atoms with Crippen molar-refractivity contribution in [2.24, 2.45) is 11.8 Å². The van der Waals surface area contributed by atoms with Crippen molar-refractivity contribution in [2.75, 3.05) is 13.2 Å². The number of carbonyl (C=O) groups excluding carboxylic acids is 1. The van der Waals surface area contributed by atoms with Gasteiger partial charge in [0.05, 0.1) is 6.61 Å². The average Bonchev–Trinajstić information content (AvgIpc) is 4.01. The molecule has 12 heteroatoms. The first-order valence-electron chi connectivity index (χ1n) is 17.8. The second-order valence-corrected chi connectivity index (χ2v) is 13.6. The Morgan fingerprint density at radius 2 is 0.981 bits per heavy atom. The van der Waals surface area contributed by atoms with Crippen LogP contribution in [0.5, 0.6) is 0 Å². The van der Waals surface area contributed by atoms with Crippen LogP contribution < -0.4 is 0 Å². The molecule has 0 saturated carbocycles. The topological polar surface area (TPSA) is 159 Å². The summed E-state index contributed by atoms with van der Waals surface area (Å²) in [5.41, 5.74) is 7.60. The van der Waals surface area contributed by atoms with Gasteiger partial charge in [0, 0.05) is 41.0 Å². The van der Waals surface area contributed by atoms with Crippen LogP contribution >= 0.6 is 0 Å². The molecule has 1 aliphatic rings. The zero-order chi connectivity index (χ0) is 38.7. The van der Waals surface area contributed by atoms with Crippen LogP contribution in [0.4, 0.5) is 0 Å². The van der Waals surface area contributed by atoms with E-state index in [-0.39, 0.29) is 6.61 Å². The van der Waals surface area contributed by atoms with Gasteiger partial charge in [0.25, 0.3) is 11.8 Å². The molecule has 0 amide bonds. The molecule has 0 unspecified atom stereocenters. The molecule has 2 aromatic heterocycles. The number of benzene rings is 4. The van der Waals surface area contributed by atoms with Crippen LogP contribution in [0.1, 0.15) is 67.6 Å². The van der Waals surface area contributed by atoms with Crippen molar-refractivity contribution in [3.05, 3.63) is 119 Å². The molecule has 0 spiro atoms. The van der Waals surface area contributed by atoms with E-state index in [0.29, 0.717) is 40.8 Å². The first-order valence-corrected chi connectivity index (χ1v) is 18.8. The van der Waals surface area contributed by atoms with Crippen molar-refractivity contribution >= 4 is 6.29 Å². The van der Waals surface area contributed by atoms with E-state index in [1.165, 1.54) is 24.0 Å². The van der Waals surface area contributed by atoms with Gasteiger partial charge in [-0.1, -0.05) is 111 Å². The summed E-state index contributed by atoms with van der Waals surface area (Å²) in [7, 11) is 0. The molecule has 3 heterocycles. The van der Waals surface area contributed by atoms with E-state index in [1.807, 2.05) is 60.7 Å². The Morgan fingerprint density at radius 3 is 1.31 bits per heavy atom. The van der Waals surface area contributed by atoms with Crippen molar-refractivity contribution < 1.29 is 46.2 Å². The Bertz CT molecular complexity index is 2010. The number of rotatable bonds is 10. The number of aldehydes is 1. The van der Waals surface area contributed by atoms with Crippen molar-refractivity contribution in [1.29, 1.82) is 0 Å². The van der Waals surface area contributed by atoms with Gasteiger partial charge in [-0.05, 0) is 78.5 Å². The summed E-state index contributed by atoms with van der Waals surface area (Å²) in [6, 6.07) is 31.0. The normalized spacial score (nSPS) is 11.8. The number of aliphatic hydroxyl groups excluding tert-OH is 1. The molecule has 0 bridgehead atoms. The SMILES string of the molecule is C1CCOC1.CC(C)Cc1ccc(-c2nc(-c3ccc(C=O)cc3)no2)cc1.CC(C)Cc1ccc(-c2nc(-c3ccc(CO)cc3)no2)cc1.[O]=[Mn]=[O]. The maximum absolute atomic E-state index is 10.7. The third-order valence-corrected chi connectivity index (χ3v) is 8.07. The summed E-state index contributed by atoms with van der Waals surface area (Å²) in [6.07, 6.45) is 5.48. The predicted octanol–water partition coefficient (Wildman–Crippen LogP) is 9.07. The van der Waals surface area contributed by atoms with E-state index in [4.69, 9.17) is 26.6 Å². The minimum absolute atomic E-state index is 0.0283. The molecule has 54 heavy (non-hydrogen) atoms. The molecule has 6 aromatic rings. The molecule has 283 valence electrons. The van der Waals surface area contributed by atoms with Gasteiger partial charge in [-0.3, -0.25) is 4.79 Å². The maximum atomic E-state index is 10.7. The Kier molecular flexibility index (Phi) is 17.1. The summed E-state index contributed by atoms with van der Waals surface area (Å²) in [6.45, 7) is 10.9. The summed E-state index contributed by atoms with van der Waals surface area (Å²) in [5, 5.41) is 17.1. The van der Waals surface area contributed by atoms with E-state index < -0.39 is 14.8 Å². The van der Waals surface area contributed by atoms with E-state index in [2.05, 4.69) is 72.2 Å². The van der Waals surface area contributed by atoms with E-state index >= 15 is 0 Å². The number of nitrogens with zero attached hydrogens (tertiary/aromatic N) is 4. The molecule has 1 fully saturated rings. The predicted molar refractivity (Wildman–Crippen MR) is 200 cm³/mol. The van der Waals surface area contributed by atoms with Crippen molar-refractivity contribution in [3.8, 4) is 45.7 Å². The first kappa shape index (κ1) is 41.6. The van der Waals surface area contributed by atoms with E-state index in [9.17, 15) is 4.79 Å². The quantitative estimate of drug-likeness (QED) is 0.105. The first-order chi connectivity index (χ1) is 26.2. The van der Waals surface area contributed by atoms with Crippen LogP contribution in [0, 0.1) is 11.8 Å². The Balaban J connectivity index is 0.000000200. The zero-order valence-electron chi connectivity index (χ0n) is 31.0. The number of aromatic nitrogens is 4. The summed E-state index contributed by atoms with van der Waals surface area (Å²) < 4.78 is 32.5. The van der Waals surface area contributed by atoms with Gasteiger partial charge in [0.15, 0.2) is 0 Å². The molecule has 1 saturated heterocycles. The monoisotopic (exact) mass is 773 g/mol. The van der Waals surface area contributed by atoms with Crippen LogP contribution in [0.25, 0.3) is 45.7 Å². The van der Waals surface area contributed by atoms with Gasteiger partial charge in [0.2, 0.25) is 11.6 Å². The Morgan fingerprint density at radius 1 is 0.611 bits per heavy atom. The summed E-state index contributed by atoms with van der Waals surface area (Å²) >= 11 is -1.44. The fourth-order valence-electron chi connectivity index (χ4n) is 5.41. The van der Waals surface area contributed by atoms with Gasteiger partial charge in [-0.25, -0.2) is 0 Å². The van der Waals surface area contributed by atoms with E-state index in [1.54, 1.807) is 12.1 Å². The molecule has 11 nitrogen and oxygen atoms in total. The van der Waals surface area contributed by atoms with Gasteiger partial charge in [-0.2, -0.15) is 9.97 Å². The number of ether oxygens (including phenoxy) is 1. The fraction of sp³-hybridized carbons (Fsp3) is 0.310. The van der Waals surface area contributed by atoms with Crippen molar-refractivity contribution in [3.63, 3.8) is 0 Å². The Labute approximate surface area is 321 Å². The summed E-state index contributed by atoms with van der Waals surface area (Å²) in [4.78, 5) is 19.6. The standard InChI is InChI=1S/C19H20N2O2.C19H18N2O2.C4H8O.Mn.2O/c2*1-13(2)11-14-3-9-17(10-4-14)19-20-18(21-23-19)16-7-5-15(12-22)6-8-16;1-2-4-5-3-1;;;/h3-10,13,22H,11-12H2,1-2H3;3-10,12-13H,11H2,1-2H3;1-4H2;;;. The van der Waals surface area contributed by atoms with Gasteiger partial charge >= 0.3 is 22.5 Å². The number of hydrogen-bond acceptors (Lipinski definition) is 11. The van der Waals surface area contributed by atoms with Crippen LogP contribution in [-0.2, 0) is 46.7 Å². The minimum atomic E-state index is -1.44. The molecular formula is C42H46MnN4O7. The fourth-order valence-corrected chi connectivity index (χ4v) is 5.41. The molecular weight excluding hydrogens is 727 g/mol. The second-order valence-electron chi connectivity index (χ2n) is 13.4. The molecule has 0 atom stereocenters. The molecule has 4 aromatic carbocycles. The number of carbonyl (C=O) groups is 1. The molecule has 1 aliphatic heterocycles. The second kappa shape index (κ2) is 22.2. The molecule has 0 aliphatic carbocycles. The van der Waals surface area contributed by atoms with Crippen molar-refractivity contribution in [1.82, 2.24) is 20.3 Å². The van der Waals surface area contributed by atoms with Crippen molar-refractivity contribution in [2.45, 2.75) is 60.0 Å². The third-order valence-electron chi connectivity index (χ3n) is 8.07. The van der Waals surface area contributed by atoms with E-state index in [0.717, 1.165) is 60.2 Å². The Hall–Kier alpha value is -5.13. The molecule has 0 radical (unpaired) electrons. The third kappa shape index (κ3) is 13.4. The van der Waals surface area contributed by atoms with Crippen LogP contribution in [-0.4, -0.2) is 44.9 Å². The van der Waals surface area contributed by atoms with Crippen LogP contribution in [0.2, 0.25) is 0 Å². The summed E-state index contributed by atoms with van der Waals surface area (Å²) in [5.74, 6) is 3.35. The molecule has 1 N–H and O–H groups in total. The average molecular weight is 774 g/mol. The van der Waals surface area contributed by atoms with Gasteiger partial charge < -0.3 is 18.9 Å². The number of hydrogen-bond donors (Lipinski definition) is 1.